The van der Waals surface area contributed by atoms with Crippen molar-refractivity contribution in [1.29, 1.82) is 0 Å². The quantitative estimate of drug-likeness (QED) is 0.597. The molecule has 19 heavy (non-hydrogen) atoms. The van der Waals surface area contributed by atoms with Gasteiger partial charge < -0.3 is 14.6 Å². The van der Waals surface area contributed by atoms with Crippen LogP contribution in [0.4, 0.5) is 10.7 Å². The topological polar surface area (TPSA) is 132 Å². The summed E-state index contributed by atoms with van der Waals surface area (Å²) in [6.07, 6.45) is 0. The number of methoxy groups -OCH3 is 2. The normalized spacial score (nSPS) is 9.58. The zero-order valence-corrected chi connectivity index (χ0v) is 10.2. The van der Waals surface area contributed by atoms with Gasteiger partial charge in [0, 0.05) is 0 Å². The predicted octanol–water partition coefficient (Wildman–Crippen LogP) is -0.369. The number of carboxylic acid groups (broad SMARTS) is 1. The number of carboxylic acids is 1. The van der Waals surface area contributed by atoms with Crippen molar-refractivity contribution in [1.82, 2.24) is 15.4 Å². The van der Waals surface area contributed by atoms with Crippen LogP contribution in [-0.2, 0) is 9.63 Å². The van der Waals surface area contributed by atoms with E-state index in [1.165, 1.54) is 20.3 Å². The van der Waals surface area contributed by atoms with Crippen LogP contribution in [0.15, 0.2) is 6.07 Å². The number of urea groups is 1. The van der Waals surface area contributed by atoms with Crippen LogP contribution in [0.2, 0.25) is 0 Å². The number of amides is 2. The van der Waals surface area contributed by atoms with Gasteiger partial charge in [-0.25, -0.2) is 15.1 Å². The van der Waals surface area contributed by atoms with Crippen molar-refractivity contribution < 1.29 is 29.0 Å². The molecule has 0 aliphatic heterocycles. The number of hydrogen-bond acceptors (Lipinski definition) is 7. The molecule has 0 aromatic carbocycles. The van der Waals surface area contributed by atoms with E-state index in [4.69, 9.17) is 14.6 Å². The number of rotatable bonds is 6. The van der Waals surface area contributed by atoms with Crippen LogP contribution < -0.4 is 20.3 Å². The first-order chi connectivity index (χ1) is 9.05. The Kier molecular flexibility index (Phi) is 5.29. The van der Waals surface area contributed by atoms with Gasteiger partial charge in [0.1, 0.15) is 0 Å². The zero-order chi connectivity index (χ0) is 14.3. The van der Waals surface area contributed by atoms with E-state index >= 15 is 0 Å². The molecule has 0 aliphatic rings. The first-order valence-corrected chi connectivity index (χ1v) is 4.92. The standard InChI is InChI=1S/C9H12N4O6/c1-17-5-3-6(18-2)11-8(10-5)12-9(16)13-19-4-7(14)15/h3H,4H2,1-2H3,(H,14,15)(H2,10,11,12,13,16). The number of aromatic nitrogens is 2. The van der Waals surface area contributed by atoms with Crippen molar-refractivity contribution in [2.75, 3.05) is 26.1 Å². The van der Waals surface area contributed by atoms with E-state index in [9.17, 15) is 9.59 Å². The molecule has 3 N–H and O–H groups in total. The predicted molar refractivity (Wildman–Crippen MR) is 60.9 cm³/mol. The Bertz CT molecular complexity index is 444. The van der Waals surface area contributed by atoms with E-state index in [1.807, 2.05) is 5.48 Å². The van der Waals surface area contributed by atoms with Crippen LogP contribution >= 0.6 is 0 Å². The lowest BCUT2D eigenvalue weighted by molar-refractivity contribution is -0.143. The summed E-state index contributed by atoms with van der Waals surface area (Å²) < 4.78 is 9.76. The summed E-state index contributed by atoms with van der Waals surface area (Å²) in [5.74, 6) is -0.936. The molecule has 0 saturated carbocycles. The molecule has 10 nitrogen and oxygen atoms in total. The van der Waals surface area contributed by atoms with Crippen LogP contribution in [-0.4, -0.2) is 47.9 Å². The first-order valence-electron chi connectivity index (χ1n) is 4.92. The van der Waals surface area contributed by atoms with Gasteiger partial charge in [-0.2, -0.15) is 9.97 Å². The Balaban J connectivity index is 2.60. The van der Waals surface area contributed by atoms with Gasteiger partial charge >= 0.3 is 12.0 Å². The highest BCUT2D eigenvalue weighted by Crippen LogP contribution is 2.16. The summed E-state index contributed by atoms with van der Waals surface area (Å²) in [5.41, 5.74) is 1.84. The van der Waals surface area contributed by atoms with E-state index in [0.717, 1.165) is 0 Å². The average molecular weight is 272 g/mol. The number of ether oxygens (including phenoxy) is 2. The van der Waals surface area contributed by atoms with Crippen LogP contribution in [0.25, 0.3) is 0 Å². The van der Waals surface area contributed by atoms with Gasteiger partial charge in [0.25, 0.3) is 0 Å². The van der Waals surface area contributed by atoms with Crippen LogP contribution in [0.5, 0.6) is 11.8 Å². The Labute approximate surface area is 107 Å². The highest BCUT2D eigenvalue weighted by Gasteiger charge is 2.09. The van der Waals surface area contributed by atoms with E-state index in [-0.39, 0.29) is 17.7 Å². The smallest absolute Gasteiger partial charge is 0.345 e. The number of hydrogen-bond donors (Lipinski definition) is 3. The molecule has 10 heteroatoms. The van der Waals surface area contributed by atoms with Gasteiger partial charge in [-0.1, -0.05) is 0 Å². The Hall–Kier alpha value is -2.62. The third-order valence-electron chi connectivity index (χ3n) is 1.68. The largest absolute Gasteiger partial charge is 0.481 e. The molecule has 104 valence electrons. The van der Waals surface area contributed by atoms with E-state index < -0.39 is 18.6 Å². The molecule has 0 unspecified atom stereocenters. The fourth-order valence-electron chi connectivity index (χ4n) is 0.959. The lowest BCUT2D eigenvalue weighted by Gasteiger charge is -2.08. The maximum absolute atomic E-state index is 11.3. The van der Waals surface area contributed by atoms with Crippen molar-refractivity contribution in [2.45, 2.75) is 0 Å². The van der Waals surface area contributed by atoms with Crippen LogP contribution in [0, 0.1) is 0 Å². The van der Waals surface area contributed by atoms with Gasteiger partial charge in [0.2, 0.25) is 17.7 Å². The second kappa shape index (κ2) is 6.96. The highest BCUT2D eigenvalue weighted by atomic mass is 16.7. The maximum Gasteiger partial charge on any atom is 0.345 e. The first kappa shape index (κ1) is 14.4. The molecule has 0 fully saturated rings. The minimum atomic E-state index is -1.22. The van der Waals surface area contributed by atoms with Gasteiger partial charge in [-0.05, 0) is 0 Å². The van der Waals surface area contributed by atoms with Gasteiger partial charge in [0.15, 0.2) is 6.61 Å². The number of hydroxylamine groups is 1. The molecule has 1 aromatic rings. The zero-order valence-electron chi connectivity index (χ0n) is 10.2. The van der Waals surface area contributed by atoms with E-state index in [1.54, 1.807) is 0 Å². The fraction of sp³-hybridized carbons (Fsp3) is 0.333. The number of anilines is 1. The monoisotopic (exact) mass is 272 g/mol. The summed E-state index contributed by atoms with van der Waals surface area (Å²) in [5, 5.41) is 10.5. The molecule has 0 bridgehead atoms. The van der Waals surface area contributed by atoms with Gasteiger partial charge in [-0.3, -0.25) is 10.2 Å². The van der Waals surface area contributed by atoms with Crippen molar-refractivity contribution in [3.8, 4) is 11.8 Å². The molecule has 0 radical (unpaired) electrons. The van der Waals surface area contributed by atoms with Gasteiger partial charge in [-0.15, -0.1) is 0 Å². The lowest BCUT2D eigenvalue weighted by atomic mass is 10.6. The maximum atomic E-state index is 11.3. The molecule has 1 aromatic heterocycles. The number of carbonyl (C=O) groups is 2. The lowest BCUT2D eigenvalue weighted by Crippen LogP contribution is -2.31. The third kappa shape index (κ3) is 5.04. The molecule has 0 aliphatic carbocycles. The van der Waals surface area contributed by atoms with Crippen LogP contribution in [0.1, 0.15) is 0 Å². The minimum Gasteiger partial charge on any atom is -0.481 e. The second-order valence-electron chi connectivity index (χ2n) is 3.01. The average Bonchev–Trinajstić information content (AvgIpc) is 2.37. The number of nitrogens with zero attached hydrogens (tertiary/aromatic N) is 2. The van der Waals surface area contributed by atoms with Crippen molar-refractivity contribution in [2.24, 2.45) is 0 Å². The van der Waals surface area contributed by atoms with Crippen molar-refractivity contribution >= 4 is 17.9 Å². The molecule has 1 rings (SSSR count). The van der Waals surface area contributed by atoms with E-state index in [0.29, 0.717) is 0 Å². The summed E-state index contributed by atoms with van der Waals surface area (Å²) in [6, 6.07) is 0.584. The number of aliphatic carboxylic acids is 1. The third-order valence-corrected chi connectivity index (χ3v) is 1.68. The molecular weight excluding hydrogens is 260 g/mol. The minimum absolute atomic E-state index is 0.0902. The van der Waals surface area contributed by atoms with Crippen molar-refractivity contribution in [3.05, 3.63) is 6.07 Å². The molecule has 0 spiro atoms. The molecule has 0 saturated heterocycles. The fourth-order valence-corrected chi connectivity index (χ4v) is 0.959. The number of nitrogens with one attached hydrogen (secondary N) is 2. The molecular formula is C9H12N4O6. The molecule has 1 heterocycles. The number of carbonyl (C=O) groups excluding carboxylic acids is 1. The SMILES string of the molecule is COc1cc(OC)nc(NC(=O)NOCC(=O)O)n1. The Morgan fingerprint density at radius 2 is 1.84 bits per heavy atom. The van der Waals surface area contributed by atoms with Gasteiger partial charge in [0.05, 0.1) is 20.3 Å². The summed E-state index contributed by atoms with van der Waals surface area (Å²) in [4.78, 5) is 33.5. The Morgan fingerprint density at radius 1 is 1.26 bits per heavy atom. The molecule has 2 amide bonds. The molecule has 0 atom stereocenters. The summed E-state index contributed by atoms with van der Waals surface area (Å²) >= 11 is 0. The van der Waals surface area contributed by atoms with Crippen molar-refractivity contribution in [3.63, 3.8) is 0 Å². The highest BCUT2D eigenvalue weighted by molar-refractivity contribution is 5.86. The summed E-state index contributed by atoms with van der Waals surface area (Å²) in [6.45, 7) is -0.671. The second-order valence-corrected chi connectivity index (χ2v) is 3.01. The van der Waals surface area contributed by atoms with E-state index in [2.05, 4.69) is 20.1 Å². The summed E-state index contributed by atoms with van der Waals surface area (Å²) in [7, 11) is 2.78. The Morgan fingerprint density at radius 3 is 2.32 bits per heavy atom. The van der Waals surface area contributed by atoms with Crippen LogP contribution in [0.3, 0.4) is 0 Å².